The van der Waals surface area contributed by atoms with E-state index in [1.807, 2.05) is 31.2 Å². The third kappa shape index (κ3) is 3.85. The van der Waals surface area contributed by atoms with Crippen LogP contribution in [0.2, 0.25) is 0 Å². The molecule has 1 aromatic heterocycles. The standard InChI is InChI=1S/C16H22N4O2/c1-12-6-4-5-7-14(12)20-15(8-10-17-20)18-16(22)19(3)11-9-13(2)21/h4-8,10,13,21H,9,11H2,1-3H3,(H,18,22). The Balaban J connectivity index is 2.10. The fourth-order valence-electron chi connectivity index (χ4n) is 2.08. The lowest BCUT2D eigenvalue weighted by Crippen LogP contribution is -2.34. The largest absolute Gasteiger partial charge is 0.393 e. The number of aromatic nitrogens is 2. The summed E-state index contributed by atoms with van der Waals surface area (Å²) < 4.78 is 1.70. The minimum absolute atomic E-state index is 0.226. The second-order valence-corrected chi connectivity index (χ2v) is 5.40. The smallest absolute Gasteiger partial charge is 0.322 e. The van der Waals surface area contributed by atoms with E-state index in [2.05, 4.69) is 10.4 Å². The average Bonchev–Trinajstić information content (AvgIpc) is 2.93. The highest BCUT2D eigenvalue weighted by Crippen LogP contribution is 2.18. The highest BCUT2D eigenvalue weighted by Gasteiger charge is 2.13. The van der Waals surface area contributed by atoms with E-state index in [1.54, 1.807) is 35.8 Å². The van der Waals surface area contributed by atoms with Gasteiger partial charge in [0.05, 0.1) is 18.0 Å². The number of amides is 2. The lowest BCUT2D eigenvalue weighted by molar-refractivity contribution is 0.167. The molecule has 1 unspecified atom stereocenters. The molecule has 2 amide bonds. The molecule has 118 valence electrons. The topological polar surface area (TPSA) is 70.4 Å². The van der Waals surface area contributed by atoms with E-state index in [0.29, 0.717) is 18.8 Å². The molecule has 0 radical (unpaired) electrons. The molecular formula is C16H22N4O2. The van der Waals surface area contributed by atoms with Gasteiger partial charge >= 0.3 is 6.03 Å². The predicted octanol–water partition coefficient (Wildman–Crippen LogP) is 2.42. The van der Waals surface area contributed by atoms with Crippen molar-refractivity contribution in [3.63, 3.8) is 0 Å². The minimum Gasteiger partial charge on any atom is -0.393 e. The monoisotopic (exact) mass is 302 g/mol. The summed E-state index contributed by atoms with van der Waals surface area (Å²) in [6.07, 6.45) is 1.77. The number of nitrogens with zero attached hydrogens (tertiary/aromatic N) is 3. The molecule has 0 saturated carbocycles. The van der Waals surface area contributed by atoms with E-state index >= 15 is 0 Å². The summed E-state index contributed by atoms with van der Waals surface area (Å²) in [5.74, 6) is 0.614. The van der Waals surface area contributed by atoms with Gasteiger partial charge in [-0.25, -0.2) is 9.48 Å². The van der Waals surface area contributed by atoms with Crippen LogP contribution in [0.25, 0.3) is 5.69 Å². The van der Waals surface area contributed by atoms with Crippen LogP contribution in [0.1, 0.15) is 18.9 Å². The van der Waals surface area contributed by atoms with Gasteiger partial charge in [-0.3, -0.25) is 5.32 Å². The predicted molar refractivity (Wildman–Crippen MR) is 86.2 cm³/mol. The van der Waals surface area contributed by atoms with Crippen molar-refractivity contribution in [2.45, 2.75) is 26.4 Å². The normalized spacial score (nSPS) is 12.0. The fourth-order valence-corrected chi connectivity index (χ4v) is 2.08. The summed E-state index contributed by atoms with van der Waals surface area (Å²) in [5.41, 5.74) is 2.00. The number of urea groups is 1. The van der Waals surface area contributed by atoms with Crippen LogP contribution in [0.15, 0.2) is 36.5 Å². The maximum atomic E-state index is 12.2. The number of rotatable bonds is 5. The molecule has 6 heteroatoms. The molecule has 2 rings (SSSR count). The van der Waals surface area contributed by atoms with Crippen LogP contribution in [-0.4, -0.2) is 45.5 Å². The van der Waals surface area contributed by atoms with Crippen molar-refractivity contribution >= 4 is 11.8 Å². The molecule has 1 heterocycles. The molecule has 2 N–H and O–H groups in total. The van der Waals surface area contributed by atoms with Gasteiger partial charge in [0.2, 0.25) is 0 Å². The molecule has 1 aromatic carbocycles. The van der Waals surface area contributed by atoms with E-state index < -0.39 is 6.10 Å². The van der Waals surface area contributed by atoms with Crippen molar-refractivity contribution in [2.75, 3.05) is 18.9 Å². The maximum Gasteiger partial charge on any atom is 0.322 e. The van der Waals surface area contributed by atoms with Crippen LogP contribution in [-0.2, 0) is 0 Å². The number of carbonyl (C=O) groups excluding carboxylic acids is 1. The van der Waals surface area contributed by atoms with Crippen LogP contribution in [0.4, 0.5) is 10.6 Å². The fraction of sp³-hybridized carbons (Fsp3) is 0.375. The number of benzene rings is 1. The molecule has 6 nitrogen and oxygen atoms in total. The Hall–Kier alpha value is -2.34. The van der Waals surface area contributed by atoms with Crippen LogP contribution in [0, 0.1) is 6.92 Å². The van der Waals surface area contributed by atoms with Gasteiger partial charge in [-0.1, -0.05) is 18.2 Å². The van der Waals surface area contributed by atoms with Crippen molar-refractivity contribution in [1.29, 1.82) is 0 Å². The van der Waals surface area contributed by atoms with E-state index in [4.69, 9.17) is 0 Å². The van der Waals surface area contributed by atoms with Crippen molar-refractivity contribution in [1.82, 2.24) is 14.7 Å². The van der Waals surface area contributed by atoms with Gasteiger partial charge in [-0.05, 0) is 31.9 Å². The lowest BCUT2D eigenvalue weighted by atomic mass is 10.2. The highest BCUT2D eigenvalue weighted by atomic mass is 16.3. The van der Waals surface area contributed by atoms with E-state index in [9.17, 15) is 9.90 Å². The number of hydrogen-bond donors (Lipinski definition) is 2. The SMILES string of the molecule is Cc1ccccc1-n1nccc1NC(=O)N(C)CCC(C)O. The first kappa shape index (κ1) is 16.0. The van der Waals surface area contributed by atoms with Gasteiger partial charge in [-0.2, -0.15) is 5.10 Å². The number of para-hydroxylation sites is 1. The molecule has 2 aromatic rings. The van der Waals surface area contributed by atoms with Crippen molar-refractivity contribution in [3.8, 4) is 5.69 Å². The van der Waals surface area contributed by atoms with Crippen LogP contribution >= 0.6 is 0 Å². The summed E-state index contributed by atoms with van der Waals surface area (Å²) >= 11 is 0. The first-order valence-corrected chi connectivity index (χ1v) is 7.29. The Morgan fingerprint density at radius 3 is 2.82 bits per heavy atom. The van der Waals surface area contributed by atoms with Crippen LogP contribution in [0.3, 0.4) is 0 Å². The summed E-state index contributed by atoms with van der Waals surface area (Å²) in [4.78, 5) is 13.7. The number of nitrogens with one attached hydrogen (secondary N) is 1. The van der Waals surface area contributed by atoms with E-state index in [-0.39, 0.29) is 6.03 Å². The zero-order chi connectivity index (χ0) is 16.1. The van der Waals surface area contributed by atoms with Gasteiger partial charge < -0.3 is 10.0 Å². The molecule has 0 aliphatic rings. The average molecular weight is 302 g/mol. The number of hydrogen-bond acceptors (Lipinski definition) is 3. The molecule has 1 atom stereocenters. The quantitative estimate of drug-likeness (QED) is 0.891. The maximum absolute atomic E-state index is 12.2. The molecule has 0 saturated heterocycles. The highest BCUT2D eigenvalue weighted by molar-refractivity contribution is 5.88. The molecule has 0 fully saturated rings. The van der Waals surface area contributed by atoms with Crippen molar-refractivity contribution in [3.05, 3.63) is 42.1 Å². The van der Waals surface area contributed by atoms with Gasteiger partial charge in [0, 0.05) is 19.7 Å². The first-order chi connectivity index (χ1) is 10.5. The van der Waals surface area contributed by atoms with Crippen molar-refractivity contribution < 1.29 is 9.90 Å². The van der Waals surface area contributed by atoms with Gasteiger partial charge in [-0.15, -0.1) is 0 Å². The van der Waals surface area contributed by atoms with Crippen LogP contribution < -0.4 is 5.32 Å². The lowest BCUT2D eigenvalue weighted by Gasteiger charge is -2.19. The number of aliphatic hydroxyl groups is 1. The van der Waals surface area contributed by atoms with Gasteiger partial charge in [0.1, 0.15) is 5.82 Å². The second-order valence-electron chi connectivity index (χ2n) is 5.40. The Bertz CT molecular complexity index is 637. The summed E-state index contributed by atoms with van der Waals surface area (Å²) in [5, 5.41) is 16.4. The summed E-state index contributed by atoms with van der Waals surface area (Å²) in [7, 11) is 1.70. The van der Waals surface area contributed by atoms with E-state index in [1.165, 1.54) is 0 Å². The molecular weight excluding hydrogens is 280 g/mol. The number of anilines is 1. The third-order valence-electron chi connectivity index (χ3n) is 3.45. The van der Waals surface area contributed by atoms with E-state index in [0.717, 1.165) is 11.3 Å². The Morgan fingerprint density at radius 2 is 2.14 bits per heavy atom. The second kappa shape index (κ2) is 7.09. The summed E-state index contributed by atoms with van der Waals surface area (Å²) in [6, 6.07) is 9.38. The Morgan fingerprint density at radius 1 is 1.41 bits per heavy atom. The minimum atomic E-state index is -0.423. The molecule has 0 aliphatic heterocycles. The van der Waals surface area contributed by atoms with Crippen LogP contribution in [0.5, 0.6) is 0 Å². The molecule has 0 aliphatic carbocycles. The number of aliphatic hydroxyl groups excluding tert-OH is 1. The molecule has 22 heavy (non-hydrogen) atoms. The summed E-state index contributed by atoms with van der Waals surface area (Å²) in [6.45, 7) is 4.19. The number of carbonyl (C=O) groups is 1. The third-order valence-corrected chi connectivity index (χ3v) is 3.45. The Labute approximate surface area is 130 Å². The Kier molecular flexibility index (Phi) is 5.16. The molecule has 0 spiro atoms. The zero-order valence-corrected chi connectivity index (χ0v) is 13.2. The first-order valence-electron chi connectivity index (χ1n) is 7.29. The van der Waals surface area contributed by atoms with Gasteiger partial charge in [0.15, 0.2) is 0 Å². The van der Waals surface area contributed by atoms with Gasteiger partial charge in [0.25, 0.3) is 0 Å². The zero-order valence-electron chi connectivity index (χ0n) is 13.2. The van der Waals surface area contributed by atoms with Crippen molar-refractivity contribution in [2.24, 2.45) is 0 Å². The molecule has 0 bridgehead atoms. The number of aryl methyl sites for hydroxylation is 1.